The van der Waals surface area contributed by atoms with Crippen molar-refractivity contribution in [2.24, 2.45) is 5.14 Å². The maximum absolute atomic E-state index is 13.6. The molecule has 8 heteroatoms. The van der Waals surface area contributed by atoms with E-state index in [1.165, 1.54) is 24.3 Å². The number of halogens is 1. The van der Waals surface area contributed by atoms with E-state index in [0.717, 1.165) is 18.2 Å². The molecular weight excluding hydrogens is 309 g/mol. The number of hydrogen-bond donors (Lipinski definition) is 2. The maximum Gasteiger partial charge on any atom is 0.258 e. The van der Waals surface area contributed by atoms with Gasteiger partial charge in [0.2, 0.25) is 10.0 Å². The Kier molecular flexibility index (Phi) is 4.21. The fourth-order valence-electron chi connectivity index (χ4n) is 1.72. The van der Waals surface area contributed by atoms with Gasteiger partial charge in [-0.2, -0.15) is 5.26 Å². The molecule has 3 N–H and O–H groups in total. The molecule has 6 nitrogen and oxygen atoms in total. The van der Waals surface area contributed by atoms with Crippen molar-refractivity contribution < 1.29 is 17.6 Å². The Morgan fingerprint density at radius 1 is 1.23 bits per heavy atom. The van der Waals surface area contributed by atoms with Crippen molar-refractivity contribution in [3.8, 4) is 6.07 Å². The quantitative estimate of drug-likeness (QED) is 0.894. The second kappa shape index (κ2) is 5.93. The van der Waals surface area contributed by atoms with Crippen molar-refractivity contribution in [2.75, 3.05) is 5.32 Å². The zero-order chi connectivity index (χ0) is 16.3. The van der Waals surface area contributed by atoms with Crippen LogP contribution in [-0.2, 0) is 10.0 Å². The van der Waals surface area contributed by atoms with E-state index in [0.29, 0.717) is 0 Å². The molecule has 1 amide bonds. The van der Waals surface area contributed by atoms with E-state index in [9.17, 15) is 17.6 Å². The number of anilines is 1. The molecule has 0 atom stereocenters. The molecule has 112 valence electrons. The smallest absolute Gasteiger partial charge is 0.258 e. The zero-order valence-corrected chi connectivity index (χ0v) is 11.9. The van der Waals surface area contributed by atoms with Gasteiger partial charge in [-0.1, -0.05) is 6.07 Å². The van der Waals surface area contributed by atoms with Crippen LogP contribution >= 0.6 is 0 Å². The summed E-state index contributed by atoms with van der Waals surface area (Å²) in [6.45, 7) is 0. The number of carbonyl (C=O) groups is 1. The highest BCUT2D eigenvalue weighted by Crippen LogP contribution is 2.17. The maximum atomic E-state index is 13.6. The SMILES string of the molecule is N#Cc1ccc(F)c(C(=O)Nc2cccc(S(N)(=O)=O)c2)c1. The summed E-state index contributed by atoms with van der Waals surface area (Å²) >= 11 is 0. The summed E-state index contributed by atoms with van der Waals surface area (Å²) in [5.74, 6) is -1.60. The van der Waals surface area contributed by atoms with Crippen LogP contribution < -0.4 is 10.5 Å². The molecule has 0 radical (unpaired) electrons. The van der Waals surface area contributed by atoms with Crippen LogP contribution in [0.3, 0.4) is 0 Å². The first-order valence-electron chi connectivity index (χ1n) is 5.95. The largest absolute Gasteiger partial charge is 0.322 e. The van der Waals surface area contributed by atoms with Crippen molar-refractivity contribution >= 4 is 21.6 Å². The van der Waals surface area contributed by atoms with Gasteiger partial charge in [-0.05, 0) is 36.4 Å². The third-order valence-corrected chi connectivity index (χ3v) is 3.67. The number of benzene rings is 2. The molecule has 2 aromatic rings. The molecule has 0 aliphatic rings. The molecule has 0 heterocycles. The molecule has 2 rings (SSSR count). The monoisotopic (exact) mass is 319 g/mol. The summed E-state index contributed by atoms with van der Waals surface area (Å²) < 4.78 is 36.1. The summed E-state index contributed by atoms with van der Waals surface area (Å²) in [5, 5.41) is 16.1. The van der Waals surface area contributed by atoms with Crippen LogP contribution in [-0.4, -0.2) is 14.3 Å². The number of primary sulfonamides is 1. The lowest BCUT2D eigenvalue weighted by Crippen LogP contribution is -2.16. The predicted octanol–water partition coefficient (Wildman–Crippen LogP) is 1.60. The van der Waals surface area contributed by atoms with Crippen molar-refractivity contribution in [3.63, 3.8) is 0 Å². The molecular formula is C14H10FN3O3S. The lowest BCUT2D eigenvalue weighted by atomic mass is 10.1. The normalized spacial score (nSPS) is 10.8. The van der Waals surface area contributed by atoms with Gasteiger partial charge in [0.05, 0.1) is 22.1 Å². The topological polar surface area (TPSA) is 113 Å². The zero-order valence-electron chi connectivity index (χ0n) is 11.1. The van der Waals surface area contributed by atoms with Crippen LogP contribution in [0.5, 0.6) is 0 Å². The fraction of sp³-hybridized carbons (Fsp3) is 0. The molecule has 0 bridgehead atoms. The molecule has 2 aromatic carbocycles. The van der Waals surface area contributed by atoms with E-state index in [-0.39, 0.29) is 21.7 Å². The van der Waals surface area contributed by atoms with Crippen molar-refractivity contribution in [1.29, 1.82) is 5.26 Å². The van der Waals surface area contributed by atoms with E-state index in [4.69, 9.17) is 10.4 Å². The molecule has 0 aliphatic carbocycles. The van der Waals surface area contributed by atoms with Crippen LogP contribution in [0.4, 0.5) is 10.1 Å². The minimum absolute atomic E-state index is 0.129. The Labute approximate surface area is 126 Å². The van der Waals surface area contributed by atoms with Gasteiger partial charge in [0.15, 0.2) is 0 Å². The molecule has 0 fully saturated rings. The Morgan fingerprint density at radius 2 is 1.95 bits per heavy atom. The summed E-state index contributed by atoms with van der Waals surface area (Å²) in [6, 6.07) is 10.4. The molecule has 0 aromatic heterocycles. The molecule has 22 heavy (non-hydrogen) atoms. The van der Waals surface area contributed by atoms with Gasteiger partial charge >= 0.3 is 0 Å². The predicted molar refractivity (Wildman–Crippen MR) is 76.9 cm³/mol. The number of hydrogen-bond acceptors (Lipinski definition) is 4. The minimum Gasteiger partial charge on any atom is -0.322 e. The number of nitriles is 1. The Bertz CT molecular complexity index is 888. The van der Waals surface area contributed by atoms with Crippen LogP contribution in [0.2, 0.25) is 0 Å². The summed E-state index contributed by atoms with van der Waals surface area (Å²) in [5.41, 5.74) is -0.0526. The van der Waals surface area contributed by atoms with Crippen LogP contribution in [0.25, 0.3) is 0 Å². The third kappa shape index (κ3) is 3.46. The number of nitrogens with two attached hydrogens (primary N) is 1. The van der Waals surface area contributed by atoms with Gasteiger partial charge in [0.25, 0.3) is 5.91 Å². The third-order valence-electron chi connectivity index (χ3n) is 2.76. The molecule has 0 saturated heterocycles. The molecule has 0 spiro atoms. The van der Waals surface area contributed by atoms with Gasteiger partial charge in [0.1, 0.15) is 5.82 Å². The summed E-state index contributed by atoms with van der Waals surface area (Å²) in [6.07, 6.45) is 0. The highest BCUT2D eigenvalue weighted by molar-refractivity contribution is 7.89. The van der Waals surface area contributed by atoms with Gasteiger partial charge in [-0.25, -0.2) is 17.9 Å². The first kappa shape index (κ1) is 15.6. The minimum atomic E-state index is -3.91. The van der Waals surface area contributed by atoms with Crippen molar-refractivity contribution in [2.45, 2.75) is 4.90 Å². The molecule has 0 aliphatic heterocycles. The second-order valence-electron chi connectivity index (χ2n) is 4.33. The van der Waals surface area contributed by atoms with Crippen LogP contribution in [0, 0.1) is 17.1 Å². The van der Waals surface area contributed by atoms with E-state index in [2.05, 4.69) is 5.32 Å². The van der Waals surface area contributed by atoms with E-state index in [1.807, 2.05) is 0 Å². The number of nitrogens with one attached hydrogen (secondary N) is 1. The average molecular weight is 319 g/mol. The van der Waals surface area contributed by atoms with Gasteiger partial charge in [0, 0.05) is 5.69 Å². The van der Waals surface area contributed by atoms with Crippen molar-refractivity contribution in [3.05, 3.63) is 59.4 Å². The lowest BCUT2D eigenvalue weighted by molar-refractivity contribution is 0.102. The van der Waals surface area contributed by atoms with E-state index < -0.39 is 21.7 Å². The Morgan fingerprint density at radius 3 is 2.59 bits per heavy atom. The first-order valence-corrected chi connectivity index (χ1v) is 7.50. The van der Waals surface area contributed by atoms with Gasteiger partial charge in [-0.15, -0.1) is 0 Å². The standard InChI is InChI=1S/C14H10FN3O3S/c15-13-5-4-9(8-16)6-12(13)14(19)18-10-2-1-3-11(7-10)22(17,20)21/h1-7H,(H,18,19)(H2,17,20,21). The average Bonchev–Trinajstić information content (AvgIpc) is 2.47. The summed E-state index contributed by atoms with van der Waals surface area (Å²) in [7, 11) is -3.91. The number of nitrogens with zero attached hydrogens (tertiary/aromatic N) is 1. The highest BCUT2D eigenvalue weighted by Gasteiger charge is 2.14. The number of rotatable bonds is 3. The number of amides is 1. The molecule has 0 saturated carbocycles. The van der Waals surface area contributed by atoms with Gasteiger partial charge < -0.3 is 5.32 Å². The van der Waals surface area contributed by atoms with Crippen LogP contribution in [0.15, 0.2) is 47.4 Å². The number of sulfonamides is 1. The lowest BCUT2D eigenvalue weighted by Gasteiger charge is -2.07. The molecule has 0 unspecified atom stereocenters. The van der Waals surface area contributed by atoms with E-state index >= 15 is 0 Å². The van der Waals surface area contributed by atoms with Crippen LogP contribution in [0.1, 0.15) is 15.9 Å². The number of carbonyl (C=O) groups excluding carboxylic acids is 1. The van der Waals surface area contributed by atoms with Crippen molar-refractivity contribution in [1.82, 2.24) is 0 Å². The Hall–Kier alpha value is -2.76. The summed E-state index contributed by atoms with van der Waals surface area (Å²) in [4.78, 5) is 11.8. The highest BCUT2D eigenvalue weighted by atomic mass is 32.2. The Balaban J connectivity index is 2.32. The fourth-order valence-corrected chi connectivity index (χ4v) is 2.28. The van der Waals surface area contributed by atoms with Gasteiger partial charge in [-0.3, -0.25) is 4.79 Å². The van der Waals surface area contributed by atoms with E-state index in [1.54, 1.807) is 6.07 Å². The second-order valence-corrected chi connectivity index (χ2v) is 5.89. The first-order chi connectivity index (χ1) is 10.3.